The summed E-state index contributed by atoms with van der Waals surface area (Å²) in [7, 11) is 0. The molecule has 0 amide bonds. The summed E-state index contributed by atoms with van der Waals surface area (Å²) in [5.74, 6) is -0.996. The molecule has 1 spiro atoms. The average Bonchev–Trinajstić information content (AvgIpc) is 3.42. The van der Waals surface area contributed by atoms with E-state index in [4.69, 9.17) is 19.7 Å². The number of anilines is 1. The van der Waals surface area contributed by atoms with Crippen molar-refractivity contribution in [2.45, 2.75) is 95.9 Å². The number of aromatic nitrogens is 3. The molecule has 36 heavy (non-hydrogen) atoms. The molecule has 0 bridgehead atoms. The van der Waals surface area contributed by atoms with Crippen LogP contribution in [0.1, 0.15) is 76.0 Å². The van der Waals surface area contributed by atoms with Crippen LogP contribution in [-0.2, 0) is 20.9 Å². The van der Waals surface area contributed by atoms with Gasteiger partial charge in [-0.05, 0) is 65.2 Å². The third-order valence-corrected chi connectivity index (χ3v) is 7.92. The fourth-order valence-corrected chi connectivity index (χ4v) is 5.91. The number of carboxylic acid groups (broad SMARTS) is 2. The largest absolute Gasteiger partial charge is 0.506 e. The molecule has 2 saturated carbocycles. The van der Waals surface area contributed by atoms with Crippen LogP contribution in [0.2, 0.25) is 0 Å². The summed E-state index contributed by atoms with van der Waals surface area (Å²) in [6.45, 7) is 4.71. The number of fused-ring (bicyclic) bond motifs is 1. The van der Waals surface area contributed by atoms with Crippen molar-refractivity contribution in [3.8, 4) is 0 Å². The summed E-state index contributed by atoms with van der Waals surface area (Å²) in [6.07, 6.45) is 6.30. The summed E-state index contributed by atoms with van der Waals surface area (Å²) < 4.78 is 6.85. The molecule has 3 N–H and O–H groups in total. The van der Waals surface area contributed by atoms with Gasteiger partial charge in [0, 0.05) is 30.8 Å². The van der Waals surface area contributed by atoms with E-state index in [1.165, 1.54) is 0 Å². The monoisotopic (exact) mass is 499 g/mol. The molecule has 0 saturated heterocycles. The quantitative estimate of drug-likeness (QED) is 0.494. The Morgan fingerprint density at radius 3 is 2.56 bits per heavy atom. The Kier molecular flexibility index (Phi) is 6.48. The van der Waals surface area contributed by atoms with Gasteiger partial charge in [0.2, 0.25) is 0 Å². The van der Waals surface area contributed by atoms with Crippen LogP contribution in [-0.4, -0.2) is 60.6 Å². The van der Waals surface area contributed by atoms with E-state index in [9.17, 15) is 14.7 Å². The second-order valence-corrected chi connectivity index (χ2v) is 10.2. The number of hydrogen-bond acceptors (Lipinski definition) is 8. The van der Waals surface area contributed by atoms with Gasteiger partial charge in [0.25, 0.3) is 0 Å². The first-order valence-electron chi connectivity index (χ1n) is 12.8. The maximum Gasteiger partial charge on any atom is 0.506 e. The summed E-state index contributed by atoms with van der Waals surface area (Å²) >= 11 is 0. The molecule has 194 valence electrons. The normalized spacial score (nSPS) is 28.1. The smallest absolute Gasteiger partial charge is 0.481 e. The van der Waals surface area contributed by atoms with Gasteiger partial charge in [-0.15, -0.1) is 0 Å². The van der Waals surface area contributed by atoms with Gasteiger partial charge in [0.05, 0.1) is 28.4 Å². The summed E-state index contributed by atoms with van der Waals surface area (Å²) in [6, 6.07) is 0.148. The minimum Gasteiger partial charge on any atom is -0.481 e. The molecule has 0 unspecified atom stereocenters. The van der Waals surface area contributed by atoms with Crippen LogP contribution in [0, 0.1) is 12.8 Å². The highest BCUT2D eigenvalue weighted by Gasteiger charge is 2.44. The standard InChI is InChI=1S/C25H33N5O6/c1-3-30-22-20(14(2)28-30)21(27-16-6-4-15(5-7-16)23(31)32)18(13-26-22)19-12-25(36-29-19)10-8-17(9-11-25)35-24(33)34/h13,15-17H,3-12H2,1-2H3,(H,26,27)(H,31,32)(H,33,34). The minimum atomic E-state index is -1.24. The summed E-state index contributed by atoms with van der Waals surface area (Å²) in [5.41, 5.74) is 3.85. The van der Waals surface area contributed by atoms with Crippen LogP contribution in [0.3, 0.4) is 0 Å². The van der Waals surface area contributed by atoms with Crippen LogP contribution >= 0.6 is 0 Å². The molecule has 2 aromatic rings. The highest BCUT2D eigenvalue weighted by Crippen LogP contribution is 2.42. The van der Waals surface area contributed by atoms with E-state index in [0.717, 1.165) is 46.5 Å². The zero-order valence-electron chi connectivity index (χ0n) is 20.7. The summed E-state index contributed by atoms with van der Waals surface area (Å²) in [4.78, 5) is 33.1. The molecule has 0 radical (unpaired) electrons. The van der Waals surface area contributed by atoms with Crippen molar-refractivity contribution in [1.29, 1.82) is 0 Å². The zero-order chi connectivity index (χ0) is 25.4. The second kappa shape index (κ2) is 9.59. The summed E-state index contributed by atoms with van der Waals surface area (Å²) in [5, 5.41) is 32.2. The Bertz CT molecular complexity index is 1190. The first-order chi connectivity index (χ1) is 17.3. The number of nitrogens with one attached hydrogen (secondary N) is 1. The Morgan fingerprint density at radius 2 is 1.92 bits per heavy atom. The Hall–Kier alpha value is -3.37. The molecular weight excluding hydrogens is 466 g/mol. The highest BCUT2D eigenvalue weighted by molar-refractivity contribution is 6.11. The second-order valence-electron chi connectivity index (χ2n) is 10.2. The van der Waals surface area contributed by atoms with Crippen molar-refractivity contribution < 1.29 is 29.4 Å². The predicted octanol–water partition coefficient (Wildman–Crippen LogP) is 4.32. The number of nitrogens with zero attached hydrogens (tertiary/aromatic N) is 4. The van der Waals surface area contributed by atoms with Crippen LogP contribution in [0.15, 0.2) is 11.4 Å². The lowest BCUT2D eigenvalue weighted by atomic mass is 9.79. The first-order valence-corrected chi connectivity index (χ1v) is 12.8. The third-order valence-electron chi connectivity index (χ3n) is 7.92. The van der Waals surface area contributed by atoms with E-state index in [0.29, 0.717) is 51.5 Å². The number of hydrogen-bond donors (Lipinski definition) is 3. The average molecular weight is 500 g/mol. The fraction of sp³-hybridized carbons (Fsp3) is 0.640. The Labute approximate surface area is 208 Å². The molecule has 3 aliphatic rings. The van der Waals surface area contributed by atoms with Gasteiger partial charge in [-0.1, -0.05) is 5.16 Å². The lowest BCUT2D eigenvalue weighted by Crippen LogP contribution is -2.37. The molecule has 0 aromatic carbocycles. The van der Waals surface area contributed by atoms with Gasteiger partial charge in [-0.25, -0.2) is 14.5 Å². The van der Waals surface area contributed by atoms with Crippen LogP contribution in [0.4, 0.5) is 10.5 Å². The zero-order valence-corrected chi connectivity index (χ0v) is 20.7. The van der Waals surface area contributed by atoms with E-state index in [1.54, 1.807) is 0 Å². The lowest BCUT2D eigenvalue weighted by molar-refractivity contribution is -0.142. The molecule has 5 rings (SSSR count). The number of oxime groups is 1. The maximum atomic E-state index is 11.4. The van der Waals surface area contributed by atoms with Gasteiger partial charge in [0.15, 0.2) is 5.65 Å². The molecule has 2 aliphatic carbocycles. The molecule has 11 heteroatoms. The minimum absolute atomic E-state index is 0.148. The SMILES string of the molecule is CCn1nc(C)c2c(NC3CCC(C(=O)O)CC3)c(C3=NOC4(CCC(OC(=O)O)CC4)C3)cnc21. The molecule has 11 nitrogen and oxygen atoms in total. The fourth-order valence-electron chi connectivity index (χ4n) is 5.91. The molecule has 3 heterocycles. The van der Waals surface area contributed by atoms with E-state index in [2.05, 4.69) is 15.6 Å². The van der Waals surface area contributed by atoms with Gasteiger partial charge in [-0.2, -0.15) is 5.10 Å². The predicted molar refractivity (Wildman–Crippen MR) is 131 cm³/mol. The van der Waals surface area contributed by atoms with Gasteiger partial charge in [-0.3, -0.25) is 4.79 Å². The molecule has 0 atom stereocenters. The third kappa shape index (κ3) is 4.58. The Morgan fingerprint density at radius 1 is 1.19 bits per heavy atom. The first kappa shape index (κ1) is 24.3. The van der Waals surface area contributed by atoms with Gasteiger partial charge in [0.1, 0.15) is 11.7 Å². The van der Waals surface area contributed by atoms with Crippen molar-refractivity contribution in [2.75, 3.05) is 5.32 Å². The molecular formula is C25H33N5O6. The highest BCUT2D eigenvalue weighted by atomic mass is 16.7. The van der Waals surface area contributed by atoms with Crippen LogP contribution in [0.25, 0.3) is 11.0 Å². The van der Waals surface area contributed by atoms with Crippen molar-refractivity contribution >= 4 is 34.6 Å². The van der Waals surface area contributed by atoms with Gasteiger partial charge >= 0.3 is 12.1 Å². The molecule has 1 aliphatic heterocycles. The van der Waals surface area contributed by atoms with Crippen molar-refractivity contribution in [3.63, 3.8) is 0 Å². The molecule has 2 aromatic heterocycles. The lowest BCUT2D eigenvalue weighted by Gasteiger charge is -2.34. The van der Waals surface area contributed by atoms with Crippen molar-refractivity contribution in [3.05, 3.63) is 17.5 Å². The topological polar surface area (TPSA) is 148 Å². The van der Waals surface area contributed by atoms with E-state index in [1.807, 2.05) is 24.7 Å². The Balaban J connectivity index is 1.41. The number of carbonyl (C=O) groups is 2. The van der Waals surface area contributed by atoms with E-state index in [-0.39, 0.29) is 18.1 Å². The number of aliphatic carboxylic acids is 1. The maximum absolute atomic E-state index is 11.4. The van der Waals surface area contributed by atoms with E-state index < -0.39 is 17.7 Å². The van der Waals surface area contributed by atoms with Crippen molar-refractivity contribution in [2.24, 2.45) is 11.1 Å². The van der Waals surface area contributed by atoms with Gasteiger partial charge < -0.3 is 25.1 Å². The number of aryl methyl sites for hydroxylation is 2. The van der Waals surface area contributed by atoms with Crippen LogP contribution in [0.5, 0.6) is 0 Å². The number of carboxylic acids is 1. The van der Waals surface area contributed by atoms with Crippen LogP contribution < -0.4 is 5.32 Å². The number of pyridine rings is 1. The van der Waals surface area contributed by atoms with Crippen molar-refractivity contribution in [1.82, 2.24) is 14.8 Å². The number of ether oxygens (including phenoxy) is 1. The van der Waals surface area contributed by atoms with E-state index >= 15 is 0 Å². The number of rotatable bonds is 6. The molecule has 2 fully saturated rings.